The SMILES string of the molecule is CN(Cc1ccc2c(c1)CC(=O)N2C)C(=O)C#N. The van der Waals surface area contributed by atoms with E-state index in [0.29, 0.717) is 13.0 Å². The molecule has 1 aromatic carbocycles. The minimum Gasteiger partial charge on any atom is -0.329 e. The van der Waals surface area contributed by atoms with Crippen LogP contribution < -0.4 is 4.90 Å². The Hall–Kier alpha value is -2.35. The molecule has 0 saturated heterocycles. The molecule has 5 nitrogen and oxygen atoms in total. The molecule has 18 heavy (non-hydrogen) atoms. The molecule has 2 amide bonds. The van der Waals surface area contributed by atoms with E-state index in [-0.39, 0.29) is 5.91 Å². The molecule has 0 spiro atoms. The summed E-state index contributed by atoms with van der Waals surface area (Å²) in [6.45, 7) is 0.373. The molecule has 0 saturated carbocycles. The molecule has 1 aliphatic rings. The summed E-state index contributed by atoms with van der Waals surface area (Å²) in [7, 11) is 3.33. The molecule has 1 aliphatic heterocycles. The lowest BCUT2D eigenvalue weighted by molar-refractivity contribution is -0.124. The number of carbonyl (C=O) groups is 2. The molecule has 92 valence electrons. The standard InChI is InChI=1S/C13H13N3O2/c1-15(13(18)7-14)8-9-3-4-11-10(5-9)6-12(17)16(11)2/h3-5H,6,8H2,1-2H3. The van der Waals surface area contributed by atoms with Gasteiger partial charge in [-0.05, 0) is 17.2 Å². The summed E-state index contributed by atoms with van der Waals surface area (Å²) >= 11 is 0. The Balaban J connectivity index is 2.19. The van der Waals surface area contributed by atoms with Crippen molar-refractivity contribution in [1.82, 2.24) is 4.90 Å². The van der Waals surface area contributed by atoms with Crippen molar-refractivity contribution in [3.8, 4) is 6.07 Å². The van der Waals surface area contributed by atoms with Gasteiger partial charge >= 0.3 is 5.91 Å². The number of hydrogen-bond donors (Lipinski definition) is 0. The van der Waals surface area contributed by atoms with Gasteiger partial charge in [0.25, 0.3) is 0 Å². The van der Waals surface area contributed by atoms with Gasteiger partial charge in [-0.3, -0.25) is 9.59 Å². The van der Waals surface area contributed by atoms with Crippen molar-refractivity contribution >= 4 is 17.5 Å². The van der Waals surface area contributed by atoms with E-state index in [1.54, 1.807) is 25.1 Å². The Labute approximate surface area is 105 Å². The summed E-state index contributed by atoms with van der Waals surface area (Å²) in [6.07, 6.45) is 0.398. The van der Waals surface area contributed by atoms with E-state index in [0.717, 1.165) is 16.8 Å². The average molecular weight is 243 g/mol. The fourth-order valence-corrected chi connectivity index (χ4v) is 2.05. The Bertz CT molecular complexity index is 560. The molecule has 0 aromatic heterocycles. The van der Waals surface area contributed by atoms with Crippen LogP contribution in [0.1, 0.15) is 11.1 Å². The normalized spacial score (nSPS) is 13.2. The number of benzene rings is 1. The maximum Gasteiger partial charge on any atom is 0.325 e. The zero-order valence-corrected chi connectivity index (χ0v) is 10.3. The lowest BCUT2D eigenvalue weighted by Crippen LogP contribution is -2.24. The van der Waals surface area contributed by atoms with Crippen LogP contribution in [0, 0.1) is 11.3 Å². The highest BCUT2D eigenvalue weighted by atomic mass is 16.2. The van der Waals surface area contributed by atoms with Gasteiger partial charge in [0, 0.05) is 26.3 Å². The largest absolute Gasteiger partial charge is 0.329 e. The van der Waals surface area contributed by atoms with Crippen LogP contribution >= 0.6 is 0 Å². The topological polar surface area (TPSA) is 64.4 Å². The van der Waals surface area contributed by atoms with Crippen LogP contribution in [0.25, 0.3) is 0 Å². The highest BCUT2D eigenvalue weighted by molar-refractivity contribution is 6.00. The van der Waals surface area contributed by atoms with E-state index in [4.69, 9.17) is 5.26 Å². The van der Waals surface area contributed by atoms with Gasteiger partial charge in [-0.1, -0.05) is 12.1 Å². The summed E-state index contributed by atoms with van der Waals surface area (Å²) in [6, 6.07) is 7.24. The molecular weight excluding hydrogens is 230 g/mol. The van der Waals surface area contributed by atoms with Gasteiger partial charge in [0.2, 0.25) is 5.91 Å². The third-order valence-electron chi connectivity index (χ3n) is 3.08. The second-order valence-electron chi connectivity index (χ2n) is 4.37. The number of rotatable bonds is 2. The van der Waals surface area contributed by atoms with Gasteiger partial charge in [-0.25, -0.2) is 0 Å². The van der Waals surface area contributed by atoms with Gasteiger partial charge in [0.1, 0.15) is 0 Å². The Morgan fingerprint density at radius 2 is 2.28 bits per heavy atom. The average Bonchev–Trinajstić information content (AvgIpc) is 2.63. The Kier molecular flexibility index (Phi) is 3.02. The fourth-order valence-electron chi connectivity index (χ4n) is 2.05. The molecule has 5 heteroatoms. The second kappa shape index (κ2) is 4.49. The predicted molar refractivity (Wildman–Crippen MR) is 65.6 cm³/mol. The van der Waals surface area contributed by atoms with Crippen LogP contribution in [0.5, 0.6) is 0 Å². The molecule has 0 aliphatic carbocycles. The summed E-state index contributed by atoms with van der Waals surface area (Å²) in [5, 5.41) is 8.52. The van der Waals surface area contributed by atoms with Gasteiger partial charge in [-0.2, -0.15) is 5.26 Å². The summed E-state index contributed by atoms with van der Waals surface area (Å²) in [5.41, 5.74) is 2.80. The van der Waals surface area contributed by atoms with E-state index < -0.39 is 5.91 Å². The minimum absolute atomic E-state index is 0.0728. The van der Waals surface area contributed by atoms with Crippen LogP contribution in [0.4, 0.5) is 5.69 Å². The first-order valence-corrected chi connectivity index (χ1v) is 5.56. The Morgan fingerprint density at radius 3 is 2.94 bits per heavy atom. The quantitative estimate of drug-likeness (QED) is 0.718. The van der Waals surface area contributed by atoms with Crippen LogP contribution in [0.2, 0.25) is 0 Å². The molecule has 2 rings (SSSR count). The van der Waals surface area contributed by atoms with Gasteiger partial charge in [0.05, 0.1) is 6.42 Å². The lowest BCUT2D eigenvalue weighted by atomic mass is 10.1. The summed E-state index contributed by atoms with van der Waals surface area (Å²) in [4.78, 5) is 25.7. The molecule has 1 heterocycles. The van der Waals surface area contributed by atoms with E-state index in [9.17, 15) is 9.59 Å². The maximum atomic E-state index is 11.5. The van der Waals surface area contributed by atoms with Crippen molar-refractivity contribution in [1.29, 1.82) is 5.26 Å². The van der Waals surface area contributed by atoms with E-state index in [1.807, 2.05) is 18.2 Å². The van der Waals surface area contributed by atoms with Gasteiger partial charge < -0.3 is 9.80 Å². The van der Waals surface area contributed by atoms with Crippen molar-refractivity contribution < 1.29 is 9.59 Å². The number of anilines is 1. The van der Waals surface area contributed by atoms with Crippen LogP contribution in [0.15, 0.2) is 18.2 Å². The van der Waals surface area contributed by atoms with Crippen LogP contribution in [0.3, 0.4) is 0 Å². The summed E-state index contributed by atoms with van der Waals surface area (Å²) in [5.74, 6) is -0.493. The first-order valence-electron chi connectivity index (χ1n) is 5.56. The van der Waals surface area contributed by atoms with E-state index >= 15 is 0 Å². The Morgan fingerprint density at radius 1 is 1.56 bits per heavy atom. The predicted octanol–water partition coefficient (Wildman–Crippen LogP) is 0.687. The van der Waals surface area contributed by atoms with Crippen LogP contribution in [-0.2, 0) is 22.6 Å². The molecule has 0 fully saturated rings. The molecular formula is C13H13N3O2. The number of fused-ring (bicyclic) bond motifs is 1. The summed E-state index contributed by atoms with van der Waals surface area (Å²) < 4.78 is 0. The van der Waals surface area contributed by atoms with Crippen molar-refractivity contribution in [3.63, 3.8) is 0 Å². The first kappa shape index (κ1) is 12.1. The van der Waals surface area contributed by atoms with Crippen molar-refractivity contribution in [3.05, 3.63) is 29.3 Å². The van der Waals surface area contributed by atoms with Gasteiger partial charge in [0.15, 0.2) is 6.07 Å². The number of carbonyl (C=O) groups excluding carboxylic acids is 2. The highest BCUT2D eigenvalue weighted by Crippen LogP contribution is 2.28. The molecule has 0 N–H and O–H groups in total. The third kappa shape index (κ3) is 2.05. The third-order valence-corrected chi connectivity index (χ3v) is 3.08. The smallest absolute Gasteiger partial charge is 0.325 e. The minimum atomic E-state index is -0.566. The number of nitrogens with zero attached hydrogens (tertiary/aromatic N) is 3. The van der Waals surface area contributed by atoms with Crippen molar-refractivity contribution in [2.24, 2.45) is 0 Å². The second-order valence-corrected chi connectivity index (χ2v) is 4.37. The monoisotopic (exact) mass is 243 g/mol. The highest BCUT2D eigenvalue weighted by Gasteiger charge is 2.24. The number of amides is 2. The van der Waals surface area contributed by atoms with E-state index in [2.05, 4.69) is 0 Å². The molecule has 0 atom stereocenters. The van der Waals surface area contributed by atoms with Gasteiger partial charge in [-0.15, -0.1) is 0 Å². The molecule has 0 unspecified atom stereocenters. The number of likely N-dealkylation sites (N-methyl/N-ethyl adjacent to an activating group) is 1. The number of nitriles is 1. The first-order chi connectivity index (χ1) is 8.52. The van der Waals surface area contributed by atoms with Crippen molar-refractivity contribution in [2.45, 2.75) is 13.0 Å². The molecule has 0 radical (unpaired) electrons. The van der Waals surface area contributed by atoms with E-state index in [1.165, 1.54) is 4.90 Å². The maximum absolute atomic E-state index is 11.5. The fraction of sp³-hybridized carbons (Fsp3) is 0.308. The zero-order chi connectivity index (χ0) is 13.3. The zero-order valence-electron chi connectivity index (χ0n) is 10.3. The lowest BCUT2D eigenvalue weighted by Gasteiger charge is -2.14. The number of hydrogen-bond acceptors (Lipinski definition) is 3. The van der Waals surface area contributed by atoms with Crippen molar-refractivity contribution in [2.75, 3.05) is 19.0 Å². The molecule has 0 bridgehead atoms. The van der Waals surface area contributed by atoms with Crippen LogP contribution in [-0.4, -0.2) is 30.8 Å². The molecule has 1 aromatic rings.